The Morgan fingerprint density at radius 3 is 2.63 bits per heavy atom. The maximum atomic E-state index is 15.3. The normalized spacial score (nSPS) is 18.8. The number of benzene rings is 2. The molecule has 1 aliphatic carbocycles. The summed E-state index contributed by atoms with van der Waals surface area (Å²) in [6.45, 7) is 0.129. The van der Waals surface area contributed by atoms with E-state index in [1.54, 1.807) is 19.2 Å². The molecule has 0 spiro atoms. The molecule has 0 bridgehead atoms. The molecule has 1 aliphatic heterocycles. The number of carbonyl (C=O) groups excluding carboxylic acids is 1. The zero-order chi connectivity index (χ0) is 27.0. The molecule has 11 heteroatoms. The fourth-order valence-corrected chi connectivity index (χ4v) is 4.42. The Bertz CT molecular complexity index is 1410. The zero-order valence-corrected chi connectivity index (χ0v) is 20.7. The predicted octanol–water partition coefficient (Wildman–Crippen LogP) is 3.14. The number of nitrogens with zero attached hydrogens (tertiary/aromatic N) is 3. The molecule has 3 aromatic rings. The summed E-state index contributed by atoms with van der Waals surface area (Å²) in [4.78, 5) is 21.6. The molecule has 38 heavy (non-hydrogen) atoms. The van der Waals surface area contributed by atoms with E-state index < -0.39 is 35.3 Å². The molecule has 1 fully saturated rings. The van der Waals surface area contributed by atoms with Gasteiger partial charge in [-0.25, -0.2) is 8.78 Å². The summed E-state index contributed by atoms with van der Waals surface area (Å²) >= 11 is 0. The summed E-state index contributed by atoms with van der Waals surface area (Å²) in [5.74, 6) is -2.14. The van der Waals surface area contributed by atoms with Crippen LogP contribution < -0.4 is 10.5 Å². The summed E-state index contributed by atoms with van der Waals surface area (Å²) in [6.07, 6.45) is 5.29. The number of ether oxygens (including phenoxy) is 2. The van der Waals surface area contributed by atoms with Crippen molar-refractivity contribution < 1.29 is 28.2 Å². The van der Waals surface area contributed by atoms with Crippen molar-refractivity contribution in [2.75, 3.05) is 26.0 Å². The van der Waals surface area contributed by atoms with Crippen LogP contribution in [0.5, 0.6) is 5.75 Å². The van der Waals surface area contributed by atoms with Crippen molar-refractivity contribution in [1.29, 1.82) is 0 Å². The molecule has 8 nitrogen and oxygen atoms in total. The number of pyridine rings is 1. The minimum Gasteiger partial charge on any atom is -0.489 e. The Morgan fingerprint density at radius 1 is 1.24 bits per heavy atom. The molecule has 1 saturated carbocycles. The van der Waals surface area contributed by atoms with Crippen LogP contribution in [-0.2, 0) is 16.9 Å². The SMILES string of the molecule is [B]C1(O)c2ncccc2C(=O)N1Cc1c(F)cc(-c2ccc(OCCOC3CC3)c(N)c2C=NC)cc1F. The maximum Gasteiger partial charge on any atom is 0.258 e. The molecular formula is C27H25BF2N4O4. The van der Waals surface area contributed by atoms with Crippen molar-refractivity contribution in [3.05, 3.63) is 76.6 Å². The Hall–Kier alpha value is -3.83. The highest BCUT2D eigenvalue weighted by atomic mass is 19.1. The number of halogens is 2. The summed E-state index contributed by atoms with van der Waals surface area (Å²) in [5, 5.41) is 10.7. The Kier molecular flexibility index (Phi) is 6.89. The number of hydrogen-bond acceptors (Lipinski definition) is 7. The van der Waals surface area contributed by atoms with Crippen molar-refractivity contribution >= 4 is 25.7 Å². The molecule has 1 aromatic heterocycles. The van der Waals surface area contributed by atoms with E-state index >= 15 is 8.78 Å². The first-order chi connectivity index (χ1) is 18.2. The minimum atomic E-state index is -2.32. The monoisotopic (exact) mass is 518 g/mol. The van der Waals surface area contributed by atoms with E-state index in [0.717, 1.165) is 29.9 Å². The van der Waals surface area contributed by atoms with Crippen molar-refractivity contribution in [2.24, 2.45) is 4.99 Å². The van der Waals surface area contributed by atoms with Gasteiger partial charge in [-0.3, -0.25) is 14.8 Å². The highest BCUT2D eigenvalue weighted by molar-refractivity contribution is 6.19. The van der Waals surface area contributed by atoms with Crippen molar-refractivity contribution in [3.8, 4) is 16.9 Å². The average Bonchev–Trinajstić information content (AvgIpc) is 3.69. The summed E-state index contributed by atoms with van der Waals surface area (Å²) in [6, 6.07) is 8.47. The lowest BCUT2D eigenvalue weighted by molar-refractivity contribution is -0.0231. The van der Waals surface area contributed by atoms with Gasteiger partial charge in [0.2, 0.25) is 0 Å². The predicted molar refractivity (Wildman–Crippen MR) is 138 cm³/mol. The second-order valence-electron chi connectivity index (χ2n) is 9.18. The van der Waals surface area contributed by atoms with E-state index in [1.165, 1.54) is 24.5 Å². The Labute approximate surface area is 219 Å². The summed E-state index contributed by atoms with van der Waals surface area (Å²) in [5.41, 5.74) is 4.90. The number of hydrogen-bond donors (Lipinski definition) is 2. The summed E-state index contributed by atoms with van der Waals surface area (Å²) in [7, 11) is 7.50. The number of nitrogen functional groups attached to an aromatic ring is 1. The number of rotatable bonds is 9. The highest BCUT2D eigenvalue weighted by Crippen LogP contribution is 2.38. The average molecular weight is 518 g/mol. The van der Waals surface area contributed by atoms with E-state index in [9.17, 15) is 9.90 Å². The molecule has 0 saturated heterocycles. The third-order valence-corrected chi connectivity index (χ3v) is 6.54. The van der Waals surface area contributed by atoms with Crippen LogP contribution in [0.25, 0.3) is 11.1 Å². The van der Waals surface area contributed by atoms with Gasteiger partial charge in [-0.1, -0.05) is 0 Å². The molecular weight excluding hydrogens is 493 g/mol. The van der Waals surface area contributed by atoms with Crippen LogP contribution in [0.1, 0.15) is 40.0 Å². The maximum absolute atomic E-state index is 15.3. The first kappa shape index (κ1) is 25.8. The molecule has 5 rings (SSSR count). The number of aromatic nitrogens is 1. The van der Waals surface area contributed by atoms with Crippen LogP contribution in [-0.4, -0.2) is 61.3 Å². The number of carbonyl (C=O) groups is 1. The number of amides is 1. The lowest BCUT2D eigenvalue weighted by atomic mass is 9.87. The molecule has 2 heterocycles. The number of anilines is 1. The van der Waals surface area contributed by atoms with Gasteiger partial charge in [0.25, 0.3) is 5.91 Å². The third kappa shape index (κ3) is 4.75. The van der Waals surface area contributed by atoms with Crippen LogP contribution in [0.4, 0.5) is 14.5 Å². The Morgan fingerprint density at radius 2 is 1.97 bits per heavy atom. The molecule has 1 unspecified atom stereocenters. The Balaban J connectivity index is 1.42. The van der Waals surface area contributed by atoms with Crippen molar-refractivity contribution in [3.63, 3.8) is 0 Å². The van der Waals surface area contributed by atoms with Gasteiger partial charge < -0.3 is 25.2 Å². The van der Waals surface area contributed by atoms with Crippen LogP contribution >= 0.6 is 0 Å². The van der Waals surface area contributed by atoms with Crippen LogP contribution in [0.2, 0.25) is 0 Å². The second kappa shape index (κ2) is 10.1. The van der Waals surface area contributed by atoms with E-state index in [1.807, 2.05) is 0 Å². The van der Waals surface area contributed by atoms with E-state index in [-0.39, 0.29) is 22.5 Å². The zero-order valence-electron chi connectivity index (χ0n) is 20.7. The molecule has 2 radical (unpaired) electrons. The highest BCUT2D eigenvalue weighted by Gasteiger charge is 2.46. The third-order valence-electron chi connectivity index (χ3n) is 6.54. The number of fused-ring (bicyclic) bond motifs is 1. The van der Waals surface area contributed by atoms with Gasteiger partial charge in [-0.2, -0.15) is 0 Å². The lowest BCUT2D eigenvalue weighted by Crippen LogP contribution is -2.44. The minimum absolute atomic E-state index is 0.0651. The quantitative estimate of drug-likeness (QED) is 0.195. The standard InChI is InChI=1S/C27H25BF2N4O4/c1-32-13-19-17(6-7-23(24(19)31)38-10-9-37-16-4-5-16)15-11-21(29)20(22(30)12-15)14-34-26(35)18-3-2-8-33-25(18)27(34,28)36/h2-3,6-8,11-13,16,36H,4-5,9-10,14,31H2,1H3. The fraction of sp³-hybridized carbons (Fsp3) is 0.296. The van der Waals surface area contributed by atoms with Crippen LogP contribution in [0.3, 0.4) is 0 Å². The number of aliphatic hydroxyl groups is 1. The number of aliphatic imine (C=N–C) groups is 1. The molecule has 1 amide bonds. The molecule has 1 atom stereocenters. The molecule has 3 N–H and O–H groups in total. The van der Waals surface area contributed by atoms with E-state index in [4.69, 9.17) is 23.1 Å². The van der Waals surface area contributed by atoms with Gasteiger partial charge in [-0.15, -0.1) is 0 Å². The molecule has 2 aromatic carbocycles. The van der Waals surface area contributed by atoms with Crippen molar-refractivity contribution in [1.82, 2.24) is 9.88 Å². The van der Waals surface area contributed by atoms with Gasteiger partial charge in [0.05, 0.1) is 36.2 Å². The second-order valence-corrected chi connectivity index (χ2v) is 9.18. The topological polar surface area (TPSA) is 110 Å². The van der Waals surface area contributed by atoms with Gasteiger partial charge >= 0.3 is 0 Å². The van der Waals surface area contributed by atoms with Gasteiger partial charge in [0.15, 0.2) is 7.85 Å². The van der Waals surface area contributed by atoms with Gasteiger partial charge in [0.1, 0.15) is 29.6 Å². The van der Waals surface area contributed by atoms with E-state index in [2.05, 4.69) is 9.98 Å². The first-order valence-electron chi connectivity index (χ1n) is 12.1. The molecule has 2 aliphatic rings. The van der Waals surface area contributed by atoms with Crippen LogP contribution in [0.15, 0.2) is 47.6 Å². The largest absolute Gasteiger partial charge is 0.489 e. The van der Waals surface area contributed by atoms with Gasteiger partial charge in [0, 0.05) is 30.6 Å². The fourth-order valence-electron chi connectivity index (χ4n) is 4.42. The smallest absolute Gasteiger partial charge is 0.258 e. The first-order valence-corrected chi connectivity index (χ1v) is 12.1. The molecule has 194 valence electrons. The summed E-state index contributed by atoms with van der Waals surface area (Å²) < 4.78 is 42.0. The van der Waals surface area contributed by atoms with E-state index in [0.29, 0.717) is 36.2 Å². The van der Waals surface area contributed by atoms with Crippen LogP contribution in [0, 0.1) is 11.6 Å². The number of nitrogens with two attached hydrogens (primary N) is 1. The van der Waals surface area contributed by atoms with Gasteiger partial charge in [-0.05, 0) is 60.4 Å². The lowest BCUT2D eigenvalue weighted by Gasteiger charge is -2.31. The van der Waals surface area contributed by atoms with Crippen molar-refractivity contribution in [2.45, 2.75) is 31.1 Å².